The van der Waals surface area contributed by atoms with Crippen LogP contribution in [-0.4, -0.2) is 25.2 Å². The van der Waals surface area contributed by atoms with E-state index in [-0.39, 0.29) is 5.92 Å². The molecule has 0 bridgehead atoms. The van der Waals surface area contributed by atoms with E-state index in [1.54, 1.807) is 6.07 Å². The lowest BCUT2D eigenvalue weighted by atomic mass is 10.1. The molecule has 1 rings (SSSR count). The summed E-state index contributed by atoms with van der Waals surface area (Å²) in [6, 6.07) is 6.35. The molecular weight excluding hydrogens is 244 g/mol. The van der Waals surface area contributed by atoms with Gasteiger partial charge in [0.25, 0.3) is 0 Å². The van der Waals surface area contributed by atoms with Crippen molar-refractivity contribution in [3.8, 4) is 0 Å². The van der Waals surface area contributed by atoms with E-state index >= 15 is 0 Å². The molecule has 0 saturated carbocycles. The number of esters is 1. The summed E-state index contributed by atoms with van der Waals surface area (Å²) in [5.74, 6) is -0.495. The highest BCUT2D eigenvalue weighted by atomic mass is 16.5. The van der Waals surface area contributed by atoms with Crippen LogP contribution in [-0.2, 0) is 9.53 Å². The Kier molecular flexibility index (Phi) is 5.36. The van der Waals surface area contributed by atoms with Crippen molar-refractivity contribution in [3.05, 3.63) is 29.8 Å². The molecule has 2 amide bonds. The second-order valence-corrected chi connectivity index (χ2v) is 4.71. The largest absolute Gasteiger partial charge is 0.467 e. The average Bonchev–Trinajstić information content (AvgIpc) is 2.34. The number of carbonyl (C=O) groups is 2. The first-order valence-corrected chi connectivity index (χ1v) is 6.16. The third kappa shape index (κ3) is 4.62. The molecule has 5 nitrogen and oxygen atoms in total. The molecule has 1 atom stereocenters. The number of ether oxygens (including phenoxy) is 1. The normalized spacial score (nSPS) is 11.8. The fraction of sp³-hybridized carbons (Fsp3) is 0.429. The number of amides is 2. The van der Waals surface area contributed by atoms with Gasteiger partial charge in [0.1, 0.15) is 6.04 Å². The summed E-state index contributed by atoms with van der Waals surface area (Å²) in [6.45, 7) is 5.62. The van der Waals surface area contributed by atoms with Crippen LogP contribution in [0.25, 0.3) is 0 Å². The van der Waals surface area contributed by atoms with E-state index in [0.29, 0.717) is 5.69 Å². The molecule has 0 saturated heterocycles. The number of urea groups is 1. The number of anilines is 1. The van der Waals surface area contributed by atoms with Crippen LogP contribution in [0.4, 0.5) is 10.5 Å². The minimum Gasteiger partial charge on any atom is -0.467 e. The van der Waals surface area contributed by atoms with Crippen molar-refractivity contribution in [2.45, 2.75) is 26.8 Å². The Balaban J connectivity index is 2.65. The Morgan fingerprint density at radius 1 is 1.26 bits per heavy atom. The molecule has 0 aliphatic carbocycles. The van der Waals surface area contributed by atoms with Crippen LogP contribution in [0.15, 0.2) is 24.3 Å². The van der Waals surface area contributed by atoms with Gasteiger partial charge in [-0.05, 0) is 30.5 Å². The lowest BCUT2D eigenvalue weighted by Gasteiger charge is -2.20. The van der Waals surface area contributed by atoms with Crippen molar-refractivity contribution in [1.29, 1.82) is 0 Å². The molecule has 1 aromatic rings. The Hall–Kier alpha value is -2.04. The first-order valence-electron chi connectivity index (χ1n) is 6.16. The van der Waals surface area contributed by atoms with E-state index in [9.17, 15) is 9.59 Å². The molecule has 0 aliphatic rings. The van der Waals surface area contributed by atoms with Crippen molar-refractivity contribution >= 4 is 17.7 Å². The van der Waals surface area contributed by atoms with Crippen LogP contribution < -0.4 is 10.6 Å². The second kappa shape index (κ2) is 6.78. The Morgan fingerprint density at radius 2 is 1.95 bits per heavy atom. The highest BCUT2D eigenvalue weighted by Crippen LogP contribution is 2.10. The van der Waals surface area contributed by atoms with Gasteiger partial charge in [-0.1, -0.05) is 26.0 Å². The van der Waals surface area contributed by atoms with Crippen LogP contribution in [0.1, 0.15) is 19.4 Å². The summed E-state index contributed by atoms with van der Waals surface area (Å²) in [6.07, 6.45) is 0. The van der Waals surface area contributed by atoms with Crippen molar-refractivity contribution in [2.75, 3.05) is 12.4 Å². The van der Waals surface area contributed by atoms with Gasteiger partial charge in [-0.15, -0.1) is 0 Å². The van der Waals surface area contributed by atoms with Crippen molar-refractivity contribution in [1.82, 2.24) is 5.32 Å². The maximum atomic E-state index is 11.8. The van der Waals surface area contributed by atoms with E-state index < -0.39 is 18.0 Å². The third-order valence-corrected chi connectivity index (χ3v) is 2.68. The van der Waals surface area contributed by atoms with Gasteiger partial charge in [-0.3, -0.25) is 0 Å². The molecule has 0 spiro atoms. The predicted molar refractivity (Wildman–Crippen MR) is 74.0 cm³/mol. The molecule has 0 radical (unpaired) electrons. The van der Waals surface area contributed by atoms with Crippen molar-refractivity contribution in [3.63, 3.8) is 0 Å². The fourth-order valence-electron chi connectivity index (χ4n) is 1.66. The zero-order valence-electron chi connectivity index (χ0n) is 11.7. The standard InChI is InChI=1S/C14H20N2O3/c1-9(2)12(13(17)19-4)16-14(18)15-11-7-5-6-10(3)8-11/h5-9,12H,1-4H3,(H2,15,16,18)/t12-/m0/s1. The lowest BCUT2D eigenvalue weighted by Crippen LogP contribution is -2.46. The lowest BCUT2D eigenvalue weighted by molar-refractivity contribution is -0.143. The third-order valence-electron chi connectivity index (χ3n) is 2.68. The van der Waals surface area contributed by atoms with E-state index in [1.165, 1.54) is 7.11 Å². The molecule has 0 fully saturated rings. The highest BCUT2D eigenvalue weighted by molar-refractivity contribution is 5.92. The zero-order chi connectivity index (χ0) is 14.4. The molecule has 0 aliphatic heterocycles. The van der Waals surface area contributed by atoms with Gasteiger partial charge in [-0.2, -0.15) is 0 Å². The number of aryl methyl sites for hydroxylation is 1. The predicted octanol–water partition coefficient (Wildman–Crippen LogP) is 2.31. The number of benzene rings is 1. The van der Waals surface area contributed by atoms with Gasteiger partial charge in [0.05, 0.1) is 7.11 Å². The fourth-order valence-corrected chi connectivity index (χ4v) is 1.66. The van der Waals surface area contributed by atoms with Crippen LogP contribution in [0, 0.1) is 12.8 Å². The summed E-state index contributed by atoms with van der Waals surface area (Å²) in [5.41, 5.74) is 1.73. The maximum Gasteiger partial charge on any atom is 0.328 e. The summed E-state index contributed by atoms with van der Waals surface area (Å²) in [4.78, 5) is 23.4. The highest BCUT2D eigenvalue weighted by Gasteiger charge is 2.24. The number of hydrogen-bond donors (Lipinski definition) is 2. The Labute approximate surface area is 113 Å². The zero-order valence-corrected chi connectivity index (χ0v) is 11.7. The monoisotopic (exact) mass is 264 g/mol. The Morgan fingerprint density at radius 3 is 2.47 bits per heavy atom. The first-order chi connectivity index (χ1) is 8.93. The summed E-state index contributed by atoms with van der Waals surface area (Å²) >= 11 is 0. The number of hydrogen-bond acceptors (Lipinski definition) is 3. The minimum atomic E-state index is -0.658. The SMILES string of the molecule is COC(=O)[C@@H](NC(=O)Nc1cccc(C)c1)C(C)C. The summed E-state index contributed by atoms with van der Waals surface area (Å²) in [7, 11) is 1.30. The summed E-state index contributed by atoms with van der Waals surface area (Å²) < 4.78 is 4.66. The topological polar surface area (TPSA) is 67.4 Å². The first kappa shape index (κ1) is 15.0. The molecule has 1 aromatic carbocycles. The van der Waals surface area contributed by atoms with Crippen LogP contribution in [0.3, 0.4) is 0 Å². The van der Waals surface area contributed by atoms with Gasteiger partial charge in [0.2, 0.25) is 0 Å². The Bertz CT molecular complexity index is 458. The quantitative estimate of drug-likeness (QED) is 0.820. The molecule has 19 heavy (non-hydrogen) atoms. The van der Waals surface area contributed by atoms with Crippen molar-refractivity contribution in [2.24, 2.45) is 5.92 Å². The van der Waals surface area contributed by atoms with Gasteiger partial charge in [-0.25, -0.2) is 9.59 Å². The number of carbonyl (C=O) groups excluding carboxylic acids is 2. The molecule has 0 heterocycles. The summed E-state index contributed by atoms with van der Waals surface area (Å²) in [5, 5.41) is 5.30. The van der Waals surface area contributed by atoms with Gasteiger partial charge in [0, 0.05) is 5.69 Å². The van der Waals surface area contributed by atoms with Crippen LogP contribution in [0.2, 0.25) is 0 Å². The number of nitrogens with one attached hydrogen (secondary N) is 2. The van der Waals surface area contributed by atoms with Gasteiger partial charge in [0.15, 0.2) is 0 Å². The average molecular weight is 264 g/mol. The number of methoxy groups -OCH3 is 1. The van der Waals surface area contributed by atoms with E-state index in [4.69, 9.17) is 0 Å². The van der Waals surface area contributed by atoms with Crippen LogP contribution >= 0.6 is 0 Å². The second-order valence-electron chi connectivity index (χ2n) is 4.71. The smallest absolute Gasteiger partial charge is 0.328 e. The molecule has 2 N–H and O–H groups in total. The molecular formula is C14H20N2O3. The minimum absolute atomic E-state index is 0.0456. The maximum absolute atomic E-state index is 11.8. The molecule has 0 aromatic heterocycles. The van der Waals surface area contributed by atoms with E-state index in [1.807, 2.05) is 39.0 Å². The van der Waals surface area contributed by atoms with Gasteiger partial charge < -0.3 is 15.4 Å². The number of rotatable bonds is 4. The van der Waals surface area contributed by atoms with E-state index in [0.717, 1.165) is 5.56 Å². The van der Waals surface area contributed by atoms with Crippen LogP contribution in [0.5, 0.6) is 0 Å². The van der Waals surface area contributed by atoms with Crippen molar-refractivity contribution < 1.29 is 14.3 Å². The molecule has 0 unspecified atom stereocenters. The molecule has 104 valence electrons. The van der Waals surface area contributed by atoms with Gasteiger partial charge >= 0.3 is 12.0 Å². The molecule has 5 heteroatoms. The van der Waals surface area contributed by atoms with E-state index in [2.05, 4.69) is 15.4 Å².